The maximum atomic E-state index is 11.5. The van der Waals surface area contributed by atoms with Crippen LogP contribution in [0.1, 0.15) is 16.4 Å². The van der Waals surface area contributed by atoms with Gasteiger partial charge in [-0.2, -0.15) is 0 Å². The van der Waals surface area contributed by atoms with Crippen molar-refractivity contribution in [1.29, 1.82) is 0 Å². The van der Waals surface area contributed by atoms with E-state index in [1.165, 1.54) is 17.4 Å². The van der Waals surface area contributed by atoms with Crippen LogP contribution in [-0.2, 0) is 9.84 Å². The average molecular weight is 321 g/mol. The van der Waals surface area contributed by atoms with Crippen molar-refractivity contribution in [2.75, 3.05) is 12.8 Å². The summed E-state index contributed by atoms with van der Waals surface area (Å²) in [7, 11) is -3.15. The molecule has 0 saturated carbocycles. The lowest BCUT2D eigenvalue weighted by Crippen LogP contribution is -2.09. The molecular weight excluding hydrogens is 302 g/mol. The van der Waals surface area contributed by atoms with Crippen molar-refractivity contribution in [3.05, 3.63) is 59.7 Å². The minimum atomic E-state index is -3.15. The number of benzene rings is 2. The smallest absolute Gasteiger partial charge is 0.175 e. The number of rotatable bonds is 5. The molecule has 0 spiro atoms. The Bertz CT molecular complexity index is 709. The summed E-state index contributed by atoms with van der Waals surface area (Å²) in [5, 5.41) is 0.161. The Balaban J connectivity index is 2.19. The third kappa shape index (κ3) is 4.33. The Morgan fingerprint density at radius 2 is 1.81 bits per heavy atom. The monoisotopic (exact) mass is 321 g/mol. The molecule has 21 heavy (non-hydrogen) atoms. The van der Waals surface area contributed by atoms with Gasteiger partial charge in [-0.25, -0.2) is 8.42 Å². The lowest BCUT2D eigenvalue weighted by atomic mass is 10.1. The molecule has 1 atom stereocenters. The Kier molecular flexibility index (Phi) is 5.08. The maximum absolute atomic E-state index is 11.5. The van der Waals surface area contributed by atoms with Gasteiger partial charge in [0.2, 0.25) is 0 Å². The van der Waals surface area contributed by atoms with E-state index in [1.807, 2.05) is 18.2 Å². The highest BCUT2D eigenvalue weighted by Crippen LogP contribution is 2.35. The number of hydrogen-bond acceptors (Lipinski definition) is 4. The SMILES string of the molecule is Cc1cccc(C(CN)Sc2ccc(S(C)(=O)=O)cc2)c1. The van der Waals surface area contributed by atoms with Crippen LogP contribution in [0.15, 0.2) is 58.3 Å². The Labute approximate surface area is 130 Å². The van der Waals surface area contributed by atoms with Gasteiger partial charge in [-0.15, -0.1) is 11.8 Å². The molecule has 0 aliphatic rings. The second kappa shape index (κ2) is 6.64. The van der Waals surface area contributed by atoms with E-state index in [4.69, 9.17) is 5.73 Å². The molecule has 0 fully saturated rings. The number of thioether (sulfide) groups is 1. The highest BCUT2D eigenvalue weighted by Gasteiger charge is 2.12. The van der Waals surface area contributed by atoms with Gasteiger partial charge in [0.15, 0.2) is 9.84 Å². The van der Waals surface area contributed by atoms with Crippen molar-refractivity contribution in [3.8, 4) is 0 Å². The predicted molar refractivity (Wildman–Crippen MR) is 88.4 cm³/mol. The first-order valence-corrected chi connectivity index (χ1v) is 9.40. The van der Waals surface area contributed by atoms with Crippen LogP contribution in [-0.4, -0.2) is 21.2 Å². The fourth-order valence-electron chi connectivity index (χ4n) is 2.05. The Morgan fingerprint density at radius 3 is 2.33 bits per heavy atom. The topological polar surface area (TPSA) is 60.2 Å². The summed E-state index contributed by atoms with van der Waals surface area (Å²) in [6.45, 7) is 2.59. The molecule has 5 heteroatoms. The van der Waals surface area contributed by atoms with Crippen LogP contribution in [0.2, 0.25) is 0 Å². The van der Waals surface area contributed by atoms with Gasteiger partial charge in [-0.05, 0) is 36.8 Å². The van der Waals surface area contributed by atoms with Gasteiger partial charge in [0.25, 0.3) is 0 Å². The van der Waals surface area contributed by atoms with Crippen molar-refractivity contribution >= 4 is 21.6 Å². The molecule has 2 aromatic carbocycles. The minimum Gasteiger partial charge on any atom is -0.329 e. The first-order chi connectivity index (χ1) is 9.90. The van der Waals surface area contributed by atoms with E-state index in [2.05, 4.69) is 25.1 Å². The quantitative estimate of drug-likeness (QED) is 0.859. The van der Waals surface area contributed by atoms with Crippen LogP contribution in [0.4, 0.5) is 0 Å². The molecule has 0 heterocycles. The van der Waals surface area contributed by atoms with Gasteiger partial charge in [0.1, 0.15) is 0 Å². The van der Waals surface area contributed by atoms with Crippen LogP contribution >= 0.6 is 11.8 Å². The van der Waals surface area contributed by atoms with Crippen molar-refractivity contribution in [2.24, 2.45) is 5.73 Å². The molecule has 0 bridgehead atoms. The summed E-state index contributed by atoms with van der Waals surface area (Å²) < 4.78 is 22.9. The zero-order valence-electron chi connectivity index (χ0n) is 12.1. The summed E-state index contributed by atoms with van der Waals surface area (Å²) in [5.74, 6) is 0. The molecular formula is C16H19NO2S2. The first kappa shape index (κ1) is 16.1. The normalized spacial score (nSPS) is 13.1. The molecule has 2 N–H and O–H groups in total. The second-order valence-electron chi connectivity index (χ2n) is 5.00. The molecule has 1 unspecified atom stereocenters. The zero-order valence-corrected chi connectivity index (χ0v) is 13.7. The van der Waals surface area contributed by atoms with E-state index in [9.17, 15) is 8.42 Å². The van der Waals surface area contributed by atoms with Crippen molar-refractivity contribution < 1.29 is 8.42 Å². The largest absolute Gasteiger partial charge is 0.329 e. The lowest BCUT2D eigenvalue weighted by Gasteiger charge is -2.15. The van der Waals surface area contributed by atoms with Gasteiger partial charge in [-0.1, -0.05) is 29.8 Å². The molecule has 0 amide bonds. The molecule has 2 rings (SSSR count). The molecule has 112 valence electrons. The van der Waals surface area contributed by atoms with Crippen LogP contribution in [0.5, 0.6) is 0 Å². The standard InChI is InChI=1S/C16H19NO2S2/c1-12-4-3-5-13(10-12)16(11-17)20-14-6-8-15(9-7-14)21(2,18)19/h3-10,16H,11,17H2,1-2H3. The summed E-state index contributed by atoms with van der Waals surface area (Å²) in [6.07, 6.45) is 1.21. The molecule has 3 nitrogen and oxygen atoms in total. The number of nitrogens with two attached hydrogens (primary N) is 1. The van der Waals surface area contributed by atoms with Crippen molar-refractivity contribution in [3.63, 3.8) is 0 Å². The Hall–Kier alpha value is -1.30. The maximum Gasteiger partial charge on any atom is 0.175 e. The van der Waals surface area contributed by atoms with E-state index in [0.717, 1.165) is 4.90 Å². The summed E-state index contributed by atoms with van der Waals surface area (Å²) in [5.41, 5.74) is 8.28. The van der Waals surface area contributed by atoms with E-state index in [0.29, 0.717) is 11.4 Å². The molecule has 2 aromatic rings. The van der Waals surface area contributed by atoms with Crippen LogP contribution in [0.3, 0.4) is 0 Å². The summed E-state index contributed by atoms with van der Waals surface area (Å²) in [6, 6.07) is 15.2. The van der Waals surface area contributed by atoms with Crippen molar-refractivity contribution in [1.82, 2.24) is 0 Å². The fraction of sp³-hybridized carbons (Fsp3) is 0.250. The van der Waals surface area contributed by atoms with E-state index < -0.39 is 9.84 Å². The van der Waals surface area contributed by atoms with Gasteiger partial charge < -0.3 is 5.73 Å². The van der Waals surface area contributed by atoms with Gasteiger partial charge in [0, 0.05) is 22.9 Å². The molecule has 0 aliphatic carbocycles. The van der Waals surface area contributed by atoms with Crippen molar-refractivity contribution in [2.45, 2.75) is 22.0 Å². The molecule has 0 saturated heterocycles. The van der Waals surface area contributed by atoms with E-state index in [1.54, 1.807) is 23.9 Å². The highest BCUT2D eigenvalue weighted by atomic mass is 32.2. The zero-order chi connectivity index (χ0) is 15.5. The second-order valence-corrected chi connectivity index (χ2v) is 8.29. The van der Waals surface area contributed by atoms with Gasteiger partial charge >= 0.3 is 0 Å². The van der Waals surface area contributed by atoms with Crippen LogP contribution < -0.4 is 5.73 Å². The number of hydrogen-bond donors (Lipinski definition) is 1. The fourth-order valence-corrected chi connectivity index (χ4v) is 3.68. The van der Waals surface area contributed by atoms with Gasteiger partial charge in [0.05, 0.1) is 4.90 Å². The average Bonchev–Trinajstić information content (AvgIpc) is 2.44. The van der Waals surface area contributed by atoms with E-state index in [-0.39, 0.29) is 5.25 Å². The van der Waals surface area contributed by atoms with Crippen LogP contribution in [0.25, 0.3) is 0 Å². The first-order valence-electron chi connectivity index (χ1n) is 6.63. The summed E-state index contributed by atoms with van der Waals surface area (Å²) >= 11 is 1.65. The third-order valence-corrected chi connectivity index (χ3v) is 5.58. The lowest BCUT2D eigenvalue weighted by molar-refractivity contribution is 0.602. The minimum absolute atomic E-state index is 0.161. The number of sulfone groups is 1. The number of aryl methyl sites for hydroxylation is 1. The third-order valence-electron chi connectivity index (χ3n) is 3.16. The van der Waals surface area contributed by atoms with Gasteiger partial charge in [-0.3, -0.25) is 0 Å². The summed E-state index contributed by atoms with van der Waals surface area (Å²) in [4.78, 5) is 1.35. The van der Waals surface area contributed by atoms with E-state index >= 15 is 0 Å². The Morgan fingerprint density at radius 1 is 1.14 bits per heavy atom. The molecule has 0 aliphatic heterocycles. The molecule has 0 radical (unpaired) electrons. The predicted octanol–water partition coefficient (Wildman–Crippen LogP) is 3.19. The van der Waals surface area contributed by atoms with Crippen LogP contribution in [0, 0.1) is 6.92 Å². The molecule has 0 aromatic heterocycles. The highest BCUT2D eigenvalue weighted by molar-refractivity contribution is 7.99.